The smallest absolute Gasteiger partial charge is 0.404 e. The van der Waals surface area contributed by atoms with Gasteiger partial charge in [-0.15, -0.1) is 13.2 Å². The molecular formula is C17H18ClF3N4O. The molecule has 5 nitrogen and oxygen atoms in total. The lowest BCUT2D eigenvalue weighted by molar-refractivity contribution is -0.274. The number of benzene rings is 1. The van der Waals surface area contributed by atoms with Crippen LogP contribution in [0.4, 0.5) is 30.6 Å². The Morgan fingerprint density at radius 3 is 2.50 bits per heavy atom. The second-order valence-corrected chi connectivity index (χ2v) is 6.80. The van der Waals surface area contributed by atoms with E-state index in [2.05, 4.69) is 25.3 Å². The summed E-state index contributed by atoms with van der Waals surface area (Å²) in [5.74, 6) is 1.03. The fourth-order valence-electron chi connectivity index (χ4n) is 2.37. The second kappa shape index (κ2) is 7.19. The Balaban J connectivity index is 1.81. The van der Waals surface area contributed by atoms with E-state index in [1.165, 1.54) is 12.1 Å². The van der Waals surface area contributed by atoms with Gasteiger partial charge >= 0.3 is 6.36 Å². The average Bonchev–Trinajstić information content (AvgIpc) is 3.32. The third-order valence-corrected chi connectivity index (χ3v) is 3.88. The number of anilines is 3. The van der Waals surface area contributed by atoms with Gasteiger partial charge in [-0.25, -0.2) is 4.98 Å². The minimum Gasteiger partial charge on any atom is -0.404 e. The van der Waals surface area contributed by atoms with E-state index in [9.17, 15) is 13.2 Å². The highest BCUT2D eigenvalue weighted by Gasteiger charge is 2.32. The predicted molar refractivity (Wildman–Crippen MR) is 94.2 cm³/mol. The van der Waals surface area contributed by atoms with Gasteiger partial charge in [-0.2, -0.15) is 4.98 Å². The van der Waals surface area contributed by atoms with E-state index in [1.54, 1.807) is 0 Å². The maximum Gasteiger partial charge on any atom is 0.573 e. The molecular weight excluding hydrogens is 369 g/mol. The van der Waals surface area contributed by atoms with E-state index in [0.717, 1.165) is 24.6 Å². The zero-order chi connectivity index (χ0) is 18.9. The molecule has 140 valence electrons. The van der Waals surface area contributed by atoms with Gasteiger partial charge in [0.05, 0.1) is 10.7 Å². The van der Waals surface area contributed by atoms with Crippen LogP contribution in [0.2, 0.25) is 5.02 Å². The van der Waals surface area contributed by atoms with Crippen molar-refractivity contribution in [1.29, 1.82) is 0 Å². The standard InChI is InChI=1S/C17H18ClF3N4O/c1-9(2)22-16-24-13(10-3-4-10)8-15(25-16)23-11-5-6-14(12(18)7-11)26-17(19,20)21/h5-10H,3-4H2,1-2H3,(H2,22,23,24,25). The molecule has 2 aromatic rings. The predicted octanol–water partition coefficient (Wildman–Crippen LogP) is 5.47. The molecule has 2 N–H and O–H groups in total. The third kappa shape index (κ3) is 5.14. The Morgan fingerprint density at radius 2 is 1.92 bits per heavy atom. The first-order valence-electron chi connectivity index (χ1n) is 8.17. The van der Waals surface area contributed by atoms with Crippen molar-refractivity contribution in [3.05, 3.63) is 35.0 Å². The average molecular weight is 387 g/mol. The van der Waals surface area contributed by atoms with Crippen LogP contribution in [0.1, 0.15) is 38.3 Å². The number of nitrogens with one attached hydrogen (secondary N) is 2. The van der Waals surface area contributed by atoms with Gasteiger partial charge < -0.3 is 15.4 Å². The Hall–Kier alpha value is -2.22. The second-order valence-electron chi connectivity index (χ2n) is 6.39. The number of halogens is 4. The minimum atomic E-state index is -4.79. The summed E-state index contributed by atoms with van der Waals surface area (Å²) in [5, 5.41) is 6.08. The lowest BCUT2D eigenvalue weighted by Gasteiger charge is -2.14. The van der Waals surface area contributed by atoms with E-state index < -0.39 is 12.1 Å². The molecule has 1 fully saturated rings. The molecule has 1 aromatic heterocycles. The van der Waals surface area contributed by atoms with Crippen LogP contribution in [0.5, 0.6) is 5.75 Å². The van der Waals surface area contributed by atoms with Crippen LogP contribution in [0.15, 0.2) is 24.3 Å². The molecule has 1 aliphatic rings. The van der Waals surface area contributed by atoms with Crippen LogP contribution in [-0.2, 0) is 0 Å². The maximum atomic E-state index is 12.3. The number of hydrogen-bond donors (Lipinski definition) is 2. The molecule has 0 amide bonds. The normalized spacial score (nSPS) is 14.4. The van der Waals surface area contributed by atoms with Crippen molar-refractivity contribution in [3.8, 4) is 5.75 Å². The molecule has 0 saturated heterocycles. The molecule has 1 aromatic carbocycles. The number of ether oxygens (including phenoxy) is 1. The van der Waals surface area contributed by atoms with Crippen LogP contribution < -0.4 is 15.4 Å². The molecule has 0 aliphatic heterocycles. The third-order valence-electron chi connectivity index (χ3n) is 3.59. The Labute approximate surface area is 153 Å². The highest BCUT2D eigenvalue weighted by molar-refractivity contribution is 6.32. The molecule has 9 heteroatoms. The first kappa shape index (κ1) is 18.6. The maximum absolute atomic E-state index is 12.3. The topological polar surface area (TPSA) is 59.1 Å². The fourth-order valence-corrected chi connectivity index (χ4v) is 2.59. The molecule has 26 heavy (non-hydrogen) atoms. The first-order chi connectivity index (χ1) is 12.2. The highest BCUT2D eigenvalue weighted by Crippen LogP contribution is 2.40. The van der Waals surface area contributed by atoms with Crippen LogP contribution in [0.3, 0.4) is 0 Å². The monoisotopic (exact) mass is 386 g/mol. The fraction of sp³-hybridized carbons (Fsp3) is 0.412. The molecule has 0 atom stereocenters. The number of alkyl halides is 3. The summed E-state index contributed by atoms with van der Waals surface area (Å²) in [5.41, 5.74) is 1.44. The summed E-state index contributed by atoms with van der Waals surface area (Å²) < 4.78 is 40.8. The van der Waals surface area contributed by atoms with E-state index in [4.69, 9.17) is 11.6 Å². The van der Waals surface area contributed by atoms with Crippen molar-refractivity contribution in [2.24, 2.45) is 0 Å². The van der Waals surface area contributed by atoms with Gasteiger partial charge in [0.2, 0.25) is 5.95 Å². The van der Waals surface area contributed by atoms with Crippen LogP contribution >= 0.6 is 11.6 Å². The summed E-state index contributed by atoms with van der Waals surface area (Å²) in [7, 11) is 0. The van der Waals surface area contributed by atoms with E-state index in [0.29, 0.717) is 23.4 Å². The summed E-state index contributed by atoms with van der Waals surface area (Å²) in [6, 6.07) is 5.98. The van der Waals surface area contributed by atoms with E-state index in [1.807, 2.05) is 19.9 Å². The van der Waals surface area contributed by atoms with Crippen molar-refractivity contribution in [3.63, 3.8) is 0 Å². The number of aromatic nitrogens is 2. The quantitative estimate of drug-likeness (QED) is 0.689. The van der Waals surface area contributed by atoms with Crippen LogP contribution in [0.25, 0.3) is 0 Å². The van der Waals surface area contributed by atoms with Gasteiger partial charge in [-0.3, -0.25) is 0 Å². The number of nitrogens with zero attached hydrogens (tertiary/aromatic N) is 2. The number of hydrogen-bond acceptors (Lipinski definition) is 5. The van der Waals surface area contributed by atoms with Crippen molar-refractivity contribution in [2.75, 3.05) is 10.6 Å². The van der Waals surface area contributed by atoms with Gasteiger partial charge in [-0.05, 0) is 44.9 Å². The SMILES string of the molecule is CC(C)Nc1nc(Nc2ccc(OC(F)(F)F)c(Cl)c2)cc(C2CC2)n1. The summed E-state index contributed by atoms with van der Waals surface area (Å²) in [6.45, 7) is 3.97. The van der Waals surface area contributed by atoms with Crippen molar-refractivity contribution in [1.82, 2.24) is 9.97 Å². The van der Waals surface area contributed by atoms with Crippen molar-refractivity contribution < 1.29 is 17.9 Å². The van der Waals surface area contributed by atoms with E-state index >= 15 is 0 Å². The molecule has 1 aliphatic carbocycles. The highest BCUT2D eigenvalue weighted by atomic mass is 35.5. The van der Waals surface area contributed by atoms with E-state index in [-0.39, 0.29) is 11.1 Å². The lowest BCUT2D eigenvalue weighted by Crippen LogP contribution is -2.17. The zero-order valence-corrected chi connectivity index (χ0v) is 14.9. The Kier molecular flexibility index (Phi) is 5.13. The molecule has 0 spiro atoms. The van der Waals surface area contributed by atoms with Gasteiger partial charge in [0, 0.05) is 23.7 Å². The molecule has 3 rings (SSSR count). The Morgan fingerprint density at radius 1 is 1.19 bits per heavy atom. The molecule has 0 bridgehead atoms. The molecule has 1 heterocycles. The van der Waals surface area contributed by atoms with Gasteiger partial charge in [-0.1, -0.05) is 11.6 Å². The lowest BCUT2D eigenvalue weighted by atomic mass is 10.2. The van der Waals surface area contributed by atoms with Gasteiger partial charge in [0.1, 0.15) is 11.6 Å². The summed E-state index contributed by atoms with van der Waals surface area (Å²) >= 11 is 5.88. The van der Waals surface area contributed by atoms with Crippen molar-refractivity contribution in [2.45, 2.75) is 45.0 Å². The molecule has 0 unspecified atom stereocenters. The zero-order valence-electron chi connectivity index (χ0n) is 14.2. The summed E-state index contributed by atoms with van der Waals surface area (Å²) in [6.07, 6.45) is -2.61. The first-order valence-corrected chi connectivity index (χ1v) is 8.55. The number of rotatable bonds is 6. The molecule has 1 saturated carbocycles. The van der Waals surface area contributed by atoms with Crippen LogP contribution in [0, 0.1) is 0 Å². The van der Waals surface area contributed by atoms with Gasteiger partial charge in [0.15, 0.2) is 0 Å². The summed E-state index contributed by atoms with van der Waals surface area (Å²) in [4.78, 5) is 8.92. The van der Waals surface area contributed by atoms with Crippen LogP contribution in [-0.4, -0.2) is 22.4 Å². The molecule has 0 radical (unpaired) electrons. The van der Waals surface area contributed by atoms with Gasteiger partial charge in [0.25, 0.3) is 0 Å². The Bertz CT molecular complexity index is 794. The minimum absolute atomic E-state index is 0.149. The van der Waals surface area contributed by atoms with Crippen molar-refractivity contribution >= 4 is 29.1 Å². The largest absolute Gasteiger partial charge is 0.573 e.